The molecule has 5 nitrogen and oxygen atoms in total. The topological polar surface area (TPSA) is 49.9 Å². The summed E-state index contributed by atoms with van der Waals surface area (Å²) in [5.74, 6) is 1.40. The third-order valence-electron chi connectivity index (χ3n) is 4.41. The molecule has 1 aromatic carbocycles. The van der Waals surface area contributed by atoms with E-state index in [-0.39, 0.29) is 11.8 Å². The van der Waals surface area contributed by atoms with E-state index in [2.05, 4.69) is 0 Å². The van der Waals surface area contributed by atoms with Gasteiger partial charge in [-0.2, -0.15) is 0 Å². The van der Waals surface area contributed by atoms with Gasteiger partial charge in [-0.3, -0.25) is 9.59 Å². The van der Waals surface area contributed by atoms with Crippen molar-refractivity contribution in [1.29, 1.82) is 0 Å². The molecule has 2 amide bonds. The summed E-state index contributed by atoms with van der Waals surface area (Å²) < 4.78 is 5.32. The summed E-state index contributed by atoms with van der Waals surface area (Å²) in [6.45, 7) is 8.57. The first-order chi connectivity index (χ1) is 11.5. The van der Waals surface area contributed by atoms with Crippen LogP contribution in [0, 0.1) is 5.92 Å². The van der Waals surface area contributed by atoms with Crippen molar-refractivity contribution in [1.82, 2.24) is 9.80 Å². The quantitative estimate of drug-likeness (QED) is 0.833. The van der Waals surface area contributed by atoms with Crippen molar-refractivity contribution in [3.63, 3.8) is 0 Å². The number of carbonyl (C=O) groups is 2. The molecular weight excluding hydrogens is 304 g/mol. The number of rotatable bonds is 5. The van der Waals surface area contributed by atoms with E-state index in [9.17, 15) is 9.59 Å². The maximum Gasteiger partial charge on any atom is 0.253 e. The van der Waals surface area contributed by atoms with Crippen LogP contribution in [-0.2, 0) is 11.2 Å². The third kappa shape index (κ3) is 4.28. The van der Waals surface area contributed by atoms with Gasteiger partial charge in [-0.1, -0.05) is 20.8 Å². The van der Waals surface area contributed by atoms with Crippen molar-refractivity contribution >= 4 is 11.8 Å². The molecule has 5 heteroatoms. The van der Waals surface area contributed by atoms with Crippen molar-refractivity contribution in [3.8, 4) is 5.75 Å². The molecule has 132 valence electrons. The molecule has 1 fully saturated rings. The van der Waals surface area contributed by atoms with Crippen LogP contribution in [0.25, 0.3) is 0 Å². The second-order valence-electron chi connectivity index (χ2n) is 6.65. The highest BCUT2D eigenvalue weighted by Crippen LogP contribution is 2.21. The van der Waals surface area contributed by atoms with E-state index in [0.717, 1.165) is 17.7 Å². The van der Waals surface area contributed by atoms with Crippen molar-refractivity contribution < 1.29 is 14.3 Å². The number of hydrogen-bond donors (Lipinski definition) is 0. The minimum Gasteiger partial charge on any atom is -0.496 e. The number of carbonyl (C=O) groups excluding carboxylic acids is 2. The van der Waals surface area contributed by atoms with E-state index < -0.39 is 0 Å². The highest BCUT2D eigenvalue weighted by Gasteiger charge is 2.25. The Labute approximate surface area is 144 Å². The van der Waals surface area contributed by atoms with Crippen LogP contribution < -0.4 is 4.74 Å². The minimum absolute atomic E-state index is 0.0308. The second-order valence-corrected chi connectivity index (χ2v) is 6.65. The minimum atomic E-state index is 0.0308. The summed E-state index contributed by atoms with van der Waals surface area (Å²) >= 11 is 0. The fraction of sp³-hybridized carbons (Fsp3) is 0.579. The zero-order valence-electron chi connectivity index (χ0n) is 15.2. The Balaban J connectivity index is 1.99. The largest absolute Gasteiger partial charge is 0.496 e. The Bertz CT molecular complexity index is 590. The van der Waals surface area contributed by atoms with Crippen molar-refractivity contribution in [3.05, 3.63) is 29.3 Å². The maximum absolute atomic E-state index is 12.7. The van der Waals surface area contributed by atoms with Gasteiger partial charge in [-0.25, -0.2) is 0 Å². The van der Waals surface area contributed by atoms with Gasteiger partial charge in [0.2, 0.25) is 5.91 Å². The van der Waals surface area contributed by atoms with Crippen molar-refractivity contribution in [2.75, 3.05) is 33.3 Å². The predicted octanol–water partition coefficient (Wildman–Crippen LogP) is 2.59. The van der Waals surface area contributed by atoms with Gasteiger partial charge in [0, 0.05) is 38.2 Å². The number of nitrogens with zero attached hydrogens (tertiary/aromatic N) is 2. The Morgan fingerprint density at radius 2 is 1.75 bits per heavy atom. The number of methoxy groups -OCH3 is 1. The Kier molecular flexibility index (Phi) is 6.23. The van der Waals surface area contributed by atoms with E-state index in [0.29, 0.717) is 44.1 Å². The van der Waals surface area contributed by atoms with Gasteiger partial charge < -0.3 is 14.5 Å². The molecular formula is C19H28N2O3. The monoisotopic (exact) mass is 332 g/mol. The molecule has 0 N–H and O–H groups in total. The normalized spacial score (nSPS) is 14.9. The molecule has 1 aliphatic rings. The van der Waals surface area contributed by atoms with Crippen LogP contribution in [0.3, 0.4) is 0 Å². The lowest BCUT2D eigenvalue weighted by molar-refractivity contribution is -0.133. The Hall–Kier alpha value is -2.04. The van der Waals surface area contributed by atoms with Gasteiger partial charge in [0.15, 0.2) is 0 Å². The lowest BCUT2D eigenvalue weighted by atomic mass is 10.1. The van der Waals surface area contributed by atoms with E-state index in [1.54, 1.807) is 7.11 Å². The van der Waals surface area contributed by atoms with E-state index in [1.165, 1.54) is 0 Å². The average Bonchev–Trinajstić information content (AvgIpc) is 2.60. The summed E-state index contributed by atoms with van der Waals surface area (Å²) in [4.78, 5) is 28.5. The summed E-state index contributed by atoms with van der Waals surface area (Å²) in [6.07, 6.45) is 1.40. The fourth-order valence-corrected chi connectivity index (χ4v) is 3.01. The van der Waals surface area contributed by atoms with Crippen molar-refractivity contribution in [2.24, 2.45) is 5.92 Å². The lowest BCUT2D eigenvalue weighted by Gasteiger charge is -2.35. The standard InChI is InChI=1S/C19H28N2O3/c1-5-15-13-16(6-7-17(15)24-4)19(23)21-10-8-20(9-11-21)18(22)12-14(2)3/h6-7,13-14H,5,8-12H2,1-4H3. The first-order valence-corrected chi connectivity index (χ1v) is 8.70. The summed E-state index contributed by atoms with van der Waals surface area (Å²) in [6, 6.07) is 5.59. The third-order valence-corrected chi connectivity index (χ3v) is 4.41. The molecule has 0 aliphatic carbocycles. The number of ether oxygens (including phenoxy) is 1. The van der Waals surface area contributed by atoms with Crippen LogP contribution in [0.2, 0.25) is 0 Å². The lowest BCUT2D eigenvalue weighted by Crippen LogP contribution is -2.50. The molecule has 0 aromatic heterocycles. The summed E-state index contributed by atoms with van der Waals surface area (Å²) in [5.41, 5.74) is 1.73. The van der Waals surface area contributed by atoms with Gasteiger partial charge in [-0.15, -0.1) is 0 Å². The number of piperazine rings is 1. The molecule has 0 spiro atoms. The molecule has 0 saturated carbocycles. The maximum atomic E-state index is 12.7. The van der Waals surface area contributed by atoms with Gasteiger partial charge in [0.1, 0.15) is 5.75 Å². The molecule has 0 bridgehead atoms. The van der Waals surface area contributed by atoms with Gasteiger partial charge >= 0.3 is 0 Å². The Morgan fingerprint density at radius 3 is 2.29 bits per heavy atom. The molecule has 0 radical (unpaired) electrons. The Morgan fingerprint density at radius 1 is 1.12 bits per heavy atom. The van der Waals surface area contributed by atoms with E-state index >= 15 is 0 Å². The molecule has 24 heavy (non-hydrogen) atoms. The van der Waals surface area contributed by atoms with Crippen molar-refractivity contribution in [2.45, 2.75) is 33.6 Å². The number of amides is 2. The molecule has 1 aliphatic heterocycles. The molecule has 0 atom stereocenters. The highest BCUT2D eigenvalue weighted by atomic mass is 16.5. The van der Waals surface area contributed by atoms with Gasteiger partial charge in [0.25, 0.3) is 5.91 Å². The number of benzene rings is 1. The molecule has 0 unspecified atom stereocenters. The van der Waals surface area contributed by atoms with Crippen LogP contribution in [0.4, 0.5) is 0 Å². The van der Waals surface area contributed by atoms with E-state index in [4.69, 9.17) is 4.74 Å². The van der Waals surface area contributed by atoms with Crippen LogP contribution in [0.5, 0.6) is 5.75 Å². The fourth-order valence-electron chi connectivity index (χ4n) is 3.01. The van der Waals surface area contributed by atoms with Crippen LogP contribution in [-0.4, -0.2) is 54.9 Å². The average molecular weight is 332 g/mol. The summed E-state index contributed by atoms with van der Waals surface area (Å²) in [7, 11) is 1.64. The van der Waals surface area contributed by atoms with Gasteiger partial charge in [0.05, 0.1) is 7.11 Å². The first kappa shape index (κ1) is 18.3. The summed E-state index contributed by atoms with van der Waals surface area (Å²) in [5, 5.41) is 0. The van der Waals surface area contributed by atoms with Crippen LogP contribution in [0.1, 0.15) is 43.1 Å². The highest BCUT2D eigenvalue weighted by molar-refractivity contribution is 5.94. The number of aryl methyl sites for hydroxylation is 1. The molecule has 2 rings (SSSR count). The zero-order chi connectivity index (χ0) is 17.7. The second kappa shape index (κ2) is 8.18. The number of hydrogen-bond acceptors (Lipinski definition) is 3. The predicted molar refractivity (Wildman–Crippen MR) is 94.3 cm³/mol. The molecule has 1 heterocycles. The first-order valence-electron chi connectivity index (χ1n) is 8.70. The zero-order valence-corrected chi connectivity index (χ0v) is 15.2. The SMILES string of the molecule is CCc1cc(C(=O)N2CCN(C(=O)CC(C)C)CC2)ccc1OC. The molecule has 1 saturated heterocycles. The molecule has 1 aromatic rings. The van der Waals surface area contributed by atoms with Crippen LogP contribution in [0.15, 0.2) is 18.2 Å². The van der Waals surface area contributed by atoms with Gasteiger partial charge in [-0.05, 0) is 36.1 Å². The smallest absolute Gasteiger partial charge is 0.253 e. The van der Waals surface area contributed by atoms with Crippen LogP contribution >= 0.6 is 0 Å². The van der Waals surface area contributed by atoms with E-state index in [1.807, 2.05) is 48.8 Å².